The predicted molar refractivity (Wildman–Crippen MR) is 89.8 cm³/mol. The highest BCUT2D eigenvalue weighted by molar-refractivity contribution is 7.89. The zero-order chi connectivity index (χ0) is 18.8. The van der Waals surface area contributed by atoms with Gasteiger partial charge in [0.25, 0.3) is 0 Å². The van der Waals surface area contributed by atoms with Crippen molar-refractivity contribution >= 4 is 27.6 Å². The molecule has 1 aliphatic rings. The zero-order valence-electron chi connectivity index (χ0n) is 13.9. The molecule has 10 heteroatoms. The Morgan fingerprint density at radius 2 is 2.20 bits per heavy atom. The SMILES string of the molecule is Cc1cc(S(=O)(=O)N2CCOC(CN(C)CC(=O)O)C2)c(Cl)cc1F. The molecule has 2 rings (SSSR count). The van der Waals surface area contributed by atoms with Crippen LogP contribution < -0.4 is 0 Å². The Kier molecular flexibility index (Phi) is 6.39. The minimum absolute atomic E-state index is 0.0685. The third-order valence-corrected chi connectivity index (χ3v) is 6.18. The lowest BCUT2D eigenvalue weighted by molar-refractivity contribution is -0.138. The molecule has 1 aromatic carbocycles. The lowest BCUT2D eigenvalue weighted by atomic mass is 10.2. The predicted octanol–water partition coefficient (Wildman–Crippen LogP) is 1.19. The average Bonchev–Trinajstić information content (AvgIpc) is 2.50. The first-order valence-corrected chi connectivity index (χ1v) is 9.41. The van der Waals surface area contributed by atoms with Crippen molar-refractivity contribution < 1.29 is 27.4 Å². The van der Waals surface area contributed by atoms with Crippen molar-refractivity contribution in [3.8, 4) is 0 Å². The van der Waals surface area contributed by atoms with Gasteiger partial charge in [0, 0.05) is 19.6 Å². The molecule has 0 spiro atoms. The van der Waals surface area contributed by atoms with Crippen molar-refractivity contribution in [2.24, 2.45) is 0 Å². The minimum atomic E-state index is -3.90. The summed E-state index contributed by atoms with van der Waals surface area (Å²) in [7, 11) is -2.29. The summed E-state index contributed by atoms with van der Waals surface area (Å²) < 4.78 is 46.0. The summed E-state index contributed by atoms with van der Waals surface area (Å²) in [4.78, 5) is 12.1. The summed E-state index contributed by atoms with van der Waals surface area (Å²) in [6.45, 7) is 1.97. The smallest absolute Gasteiger partial charge is 0.317 e. The van der Waals surface area contributed by atoms with Crippen molar-refractivity contribution in [1.29, 1.82) is 0 Å². The summed E-state index contributed by atoms with van der Waals surface area (Å²) in [5, 5.41) is 8.62. The summed E-state index contributed by atoms with van der Waals surface area (Å²) in [5.74, 6) is -1.55. The summed E-state index contributed by atoms with van der Waals surface area (Å²) in [6, 6.07) is 2.20. The topological polar surface area (TPSA) is 87.2 Å². The number of carboxylic acids is 1. The van der Waals surface area contributed by atoms with Gasteiger partial charge in [0.1, 0.15) is 10.7 Å². The third kappa shape index (κ3) is 4.89. The number of aliphatic carboxylic acids is 1. The molecule has 7 nitrogen and oxygen atoms in total. The zero-order valence-corrected chi connectivity index (χ0v) is 15.5. The van der Waals surface area contributed by atoms with E-state index in [1.165, 1.54) is 22.2 Å². The van der Waals surface area contributed by atoms with Crippen LogP contribution in [0, 0.1) is 12.7 Å². The maximum atomic E-state index is 13.5. The molecule has 140 valence electrons. The maximum Gasteiger partial charge on any atom is 0.317 e. The van der Waals surface area contributed by atoms with E-state index in [0.717, 1.165) is 6.07 Å². The molecule has 1 saturated heterocycles. The van der Waals surface area contributed by atoms with Crippen molar-refractivity contribution in [2.75, 3.05) is 39.8 Å². The Labute approximate surface area is 151 Å². The number of aryl methyl sites for hydroxylation is 1. The normalized spacial score (nSPS) is 19.3. The average molecular weight is 395 g/mol. The largest absolute Gasteiger partial charge is 0.480 e. The highest BCUT2D eigenvalue weighted by atomic mass is 35.5. The van der Waals surface area contributed by atoms with E-state index in [2.05, 4.69) is 0 Å². The van der Waals surface area contributed by atoms with E-state index in [1.807, 2.05) is 0 Å². The van der Waals surface area contributed by atoms with Crippen LogP contribution in [0.25, 0.3) is 0 Å². The van der Waals surface area contributed by atoms with Crippen molar-refractivity contribution in [1.82, 2.24) is 9.21 Å². The first-order chi connectivity index (χ1) is 11.6. The maximum absolute atomic E-state index is 13.5. The van der Waals surface area contributed by atoms with Crippen LogP contribution in [-0.4, -0.2) is 74.6 Å². The van der Waals surface area contributed by atoms with E-state index in [-0.39, 0.29) is 48.3 Å². The Hall–Kier alpha value is -1.26. The number of hydrogen-bond donors (Lipinski definition) is 1. The molecule has 1 N–H and O–H groups in total. The first kappa shape index (κ1) is 20.1. The highest BCUT2D eigenvalue weighted by Gasteiger charge is 2.33. The van der Waals surface area contributed by atoms with Crippen molar-refractivity contribution in [3.05, 3.63) is 28.5 Å². The summed E-state index contributed by atoms with van der Waals surface area (Å²) >= 11 is 5.93. The molecule has 1 atom stereocenters. The molecule has 0 aromatic heterocycles. The van der Waals surface area contributed by atoms with E-state index >= 15 is 0 Å². The Morgan fingerprint density at radius 1 is 1.52 bits per heavy atom. The molecule has 1 aliphatic heterocycles. The lowest BCUT2D eigenvalue weighted by Crippen LogP contribution is -2.49. The number of sulfonamides is 1. The van der Waals surface area contributed by atoms with Gasteiger partial charge in [0.05, 0.1) is 24.3 Å². The fraction of sp³-hybridized carbons (Fsp3) is 0.533. The second-order valence-corrected chi connectivity index (χ2v) is 8.29. The van der Waals surface area contributed by atoms with Gasteiger partial charge in [-0.15, -0.1) is 0 Å². The van der Waals surface area contributed by atoms with Gasteiger partial charge in [-0.3, -0.25) is 9.69 Å². The molecular formula is C15H20ClFN2O5S. The van der Waals surface area contributed by atoms with Crippen molar-refractivity contribution in [3.63, 3.8) is 0 Å². The van der Waals surface area contributed by atoms with Crippen LogP contribution in [0.5, 0.6) is 0 Å². The second-order valence-electron chi connectivity index (χ2n) is 5.98. The number of rotatable bonds is 6. The number of likely N-dealkylation sites (N-methyl/N-ethyl adjacent to an activating group) is 1. The highest BCUT2D eigenvalue weighted by Crippen LogP contribution is 2.28. The van der Waals surface area contributed by atoms with Crippen LogP contribution in [0.4, 0.5) is 4.39 Å². The number of carboxylic acid groups (broad SMARTS) is 1. The van der Waals surface area contributed by atoms with Gasteiger partial charge in [-0.25, -0.2) is 12.8 Å². The molecular weight excluding hydrogens is 375 g/mol. The minimum Gasteiger partial charge on any atom is -0.480 e. The molecule has 1 unspecified atom stereocenters. The number of halogens is 2. The third-order valence-electron chi connectivity index (χ3n) is 3.85. The van der Waals surface area contributed by atoms with E-state index < -0.39 is 27.9 Å². The Balaban J connectivity index is 2.17. The molecule has 0 radical (unpaired) electrons. The fourth-order valence-electron chi connectivity index (χ4n) is 2.63. The molecule has 1 heterocycles. The molecule has 1 fully saturated rings. The molecule has 1 aromatic rings. The van der Waals surface area contributed by atoms with Crippen LogP contribution in [0.15, 0.2) is 17.0 Å². The number of benzene rings is 1. The summed E-state index contributed by atoms with van der Waals surface area (Å²) in [6.07, 6.45) is -0.465. The van der Waals surface area contributed by atoms with Gasteiger partial charge < -0.3 is 9.84 Å². The number of hydrogen-bond acceptors (Lipinski definition) is 5. The van der Waals surface area contributed by atoms with E-state index in [9.17, 15) is 17.6 Å². The number of morpholine rings is 1. The van der Waals surface area contributed by atoms with E-state index in [0.29, 0.717) is 0 Å². The van der Waals surface area contributed by atoms with Crippen LogP contribution in [0.1, 0.15) is 5.56 Å². The fourth-order valence-corrected chi connectivity index (χ4v) is 4.66. The van der Waals surface area contributed by atoms with Gasteiger partial charge in [-0.1, -0.05) is 11.6 Å². The van der Waals surface area contributed by atoms with Gasteiger partial charge in [0.15, 0.2) is 0 Å². The van der Waals surface area contributed by atoms with Crippen molar-refractivity contribution in [2.45, 2.75) is 17.9 Å². The quantitative estimate of drug-likeness (QED) is 0.780. The molecule has 0 amide bonds. The van der Waals surface area contributed by atoms with Crippen LogP contribution in [-0.2, 0) is 19.6 Å². The molecule has 0 aliphatic carbocycles. The van der Waals surface area contributed by atoms with Gasteiger partial charge >= 0.3 is 5.97 Å². The van der Waals surface area contributed by atoms with Gasteiger partial charge in [0.2, 0.25) is 10.0 Å². The standard InChI is InChI=1S/C15H20ClFN2O5S/c1-10-5-14(12(16)6-13(10)17)25(22,23)19-3-4-24-11(8-19)7-18(2)9-15(20)21/h5-6,11H,3-4,7-9H2,1-2H3,(H,20,21). The number of ether oxygens (including phenoxy) is 1. The van der Waals surface area contributed by atoms with Gasteiger partial charge in [-0.2, -0.15) is 4.31 Å². The van der Waals surface area contributed by atoms with Crippen LogP contribution in [0.3, 0.4) is 0 Å². The monoisotopic (exact) mass is 394 g/mol. The van der Waals surface area contributed by atoms with Crippen LogP contribution in [0.2, 0.25) is 5.02 Å². The molecule has 25 heavy (non-hydrogen) atoms. The molecule has 0 bridgehead atoms. The van der Waals surface area contributed by atoms with E-state index in [1.54, 1.807) is 7.05 Å². The number of nitrogens with zero attached hydrogens (tertiary/aromatic N) is 2. The first-order valence-electron chi connectivity index (χ1n) is 7.59. The number of carbonyl (C=O) groups is 1. The molecule has 0 saturated carbocycles. The van der Waals surface area contributed by atoms with E-state index in [4.69, 9.17) is 21.4 Å². The van der Waals surface area contributed by atoms with Gasteiger partial charge in [-0.05, 0) is 31.7 Å². The Morgan fingerprint density at radius 3 is 2.84 bits per heavy atom. The van der Waals surface area contributed by atoms with Crippen LogP contribution >= 0.6 is 11.6 Å². The second kappa shape index (κ2) is 7.96. The lowest BCUT2D eigenvalue weighted by Gasteiger charge is -2.34. The summed E-state index contributed by atoms with van der Waals surface area (Å²) in [5.41, 5.74) is 0.189. The Bertz CT molecular complexity index is 759.